The maximum atomic E-state index is 14.0. The highest BCUT2D eigenvalue weighted by atomic mass is 19.1. The third-order valence-corrected chi connectivity index (χ3v) is 7.53. The molecule has 1 atom stereocenters. The molecular formula is C23H29FNO+. The standard InChI is InChI=1S/C23H28FNO/c1-15(23-11-16-8-17(12-23)10-18(9-16)13-23)25-14-19-6-7-22(26-19)20-4-2-3-5-21(20)24/h2-7,15-18,25H,8-14H2,1H3/p+1/t15-,16?,17?,18?,23?/m1/s1. The molecular weight excluding hydrogens is 325 g/mol. The molecule has 4 aliphatic carbocycles. The number of halogens is 1. The zero-order valence-electron chi connectivity index (χ0n) is 15.6. The van der Waals surface area contributed by atoms with E-state index in [1.807, 2.05) is 18.2 Å². The molecule has 4 fully saturated rings. The van der Waals surface area contributed by atoms with Gasteiger partial charge in [-0.3, -0.25) is 0 Å². The number of nitrogens with two attached hydrogens (primary N) is 1. The van der Waals surface area contributed by atoms with Crippen molar-refractivity contribution < 1.29 is 14.1 Å². The van der Waals surface area contributed by atoms with Crippen LogP contribution in [0.4, 0.5) is 4.39 Å². The normalized spacial score (nSPS) is 33.5. The fourth-order valence-electron chi connectivity index (χ4n) is 6.57. The molecule has 1 aromatic carbocycles. The Morgan fingerprint density at radius 1 is 1.04 bits per heavy atom. The molecule has 4 aliphatic rings. The first kappa shape index (κ1) is 16.6. The number of quaternary nitrogens is 1. The lowest BCUT2D eigenvalue weighted by atomic mass is 9.48. The van der Waals surface area contributed by atoms with E-state index in [-0.39, 0.29) is 5.82 Å². The van der Waals surface area contributed by atoms with E-state index < -0.39 is 0 Å². The van der Waals surface area contributed by atoms with Gasteiger partial charge < -0.3 is 9.73 Å². The molecule has 3 heteroatoms. The van der Waals surface area contributed by atoms with Crippen molar-refractivity contribution in [1.82, 2.24) is 0 Å². The third-order valence-electron chi connectivity index (χ3n) is 7.53. The predicted octanol–water partition coefficient (Wildman–Crippen LogP) is 4.75. The summed E-state index contributed by atoms with van der Waals surface area (Å²) in [5, 5.41) is 2.47. The first-order valence-corrected chi connectivity index (χ1v) is 10.3. The van der Waals surface area contributed by atoms with Gasteiger partial charge >= 0.3 is 0 Å². The Morgan fingerprint density at radius 3 is 2.35 bits per heavy atom. The van der Waals surface area contributed by atoms with Gasteiger partial charge in [0.15, 0.2) is 5.76 Å². The molecule has 2 N–H and O–H groups in total. The summed E-state index contributed by atoms with van der Waals surface area (Å²) in [6.45, 7) is 3.27. The molecule has 0 unspecified atom stereocenters. The number of hydrogen-bond donors (Lipinski definition) is 1. The molecule has 6 rings (SSSR count). The molecule has 2 nitrogen and oxygen atoms in total. The third kappa shape index (κ3) is 2.81. The van der Waals surface area contributed by atoms with Crippen LogP contribution in [0.15, 0.2) is 40.8 Å². The Kier molecular flexibility index (Phi) is 3.97. The Morgan fingerprint density at radius 2 is 1.69 bits per heavy atom. The molecule has 4 bridgehead atoms. The highest BCUT2D eigenvalue weighted by Crippen LogP contribution is 2.60. The summed E-state index contributed by atoms with van der Waals surface area (Å²) in [4.78, 5) is 0. The van der Waals surface area contributed by atoms with E-state index >= 15 is 0 Å². The topological polar surface area (TPSA) is 29.8 Å². The van der Waals surface area contributed by atoms with Crippen molar-refractivity contribution in [2.75, 3.05) is 0 Å². The van der Waals surface area contributed by atoms with E-state index in [1.165, 1.54) is 44.6 Å². The molecule has 1 aromatic heterocycles. The summed E-state index contributed by atoms with van der Waals surface area (Å²) >= 11 is 0. The van der Waals surface area contributed by atoms with Gasteiger partial charge in [0.2, 0.25) is 0 Å². The number of rotatable bonds is 5. The summed E-state index contributed by atoms with van der Waals surface area (Å²) in [6, 6.07) is 11.4. The Labute approximate surface area is 155 Å². The van der Waals surface area contributed by atoms with E-state index in [0.717, 1.165) is 30.1 Å². The van der Waals surface area contributed by atoms with Gasteiger partial charge in [-0.1, -0.05) is 12.1 Å². The van der Waals surface area contributed by atoms with Gasteiger partial charge in [0.05, 0.1) is 11.6 Å². The van der Waals surface area contributed by atoms with Crippen LogP contribution in [0.25, 0.3) is 11.3 Å². The molecule has 26 heavy (non-hydrogen) atoms. The Balaban J connectivity index is 1.26. The average Bonchev–Trinajstić information content (AvgIpc) is 3.07. The number of benzene rings is 1. The summed E-state index contributed by atoms with van der Waals surface area (Å²) in [5.41, 5.74) is 1.10. The van der Waals surface area contributed by atoms with E-state index in [1.54, 1.807) is 12.1 Å². The maximum absolute atomic E-state index is 14.0. The monoisotopic (exact) mass is 354 g/mol. The molecule has 138 valence electrons. The lowest BCUT2D eigenvalue weighted by Crippen LogP contribution is -2.91. The van der Waals surface area contributed by atoms with Gasteiger partial charge in [0.1, 0.15) is 18.1 Å². The molecule has 2 aromatic rings. The molecule has 1 heterocycles. The van der Waals surface area contributed by atoms with Crippen LogP contribution in [0.2, 0.25) is 0 Å². The van der Waals surface area contributed by atoms with Crippen molar-refractivity contribution in [3.8, 4) is 11.3 Å². The minimum atomic E-state index is -0.223. The van der Waals surface area contributed by atoms with Gasteiger partial charge in [-0.15, -0.1) is 0 Å². The van der Waals surface area contributed by atoms with Gasteiger partial charge in [-0.2, -0.15) is 0 Å². The van der Waals surface area contributed by atoms with Crippen LogP contribution in [0.5, 0.6) is 0 Å². The van der Waals surface area contributed by atoms with Crippen LogP contribution < -0.4 is 5.32 Å². The van der Waals surface area contributed by atoms with Gasteiger partial charge in [0.25, 0.3) is 0 Å². The zero-order valence-corrected chi connectivity index (χ0v) is 15.6. The van der Waals surface area contributed by atoms with Crippen LogP contribution in [0, 0.1) is 29.0 Å². The van der Waals surface area contributed by atoms with E-state index in [4.69, 9.17) is 4.42 Å². The highest BCUT2D eigenvalue weighted by molar-refractivity contribution is 5.58. The summed E-state index contributed by atoms with van der Waals surface area (Å²) < 4.78 is 19.9. The van der Waals surface area contributed by atoms with Crippen molar-refractivity contribution in [1.29, 1.82) is 0 Å². The zero-order chi connectivity index (χ0) is 17.7. The SMILES string of the molecule is C[C@@H]([NH2+]Cc1ccc(-c2ccccc2F)o1)C12CC3CC(CC(C3)C1)C2. The fraction of sp³-hybridized carbons (Fsp3) is 0.565. The minimum Gasteiger partial charge on any atom is -0.455 e. The average molecular weight is 354 g/mol. The Bertz CT molecular complexity index is 760. The van der Waals surface area contributed by atoms with Crippen LogP contribution in [-0.4, -0.2) is 6.04 Å². The van der Waals surface area contributed by atoms with E-state index in [0.29, 0.717) is 22.8 Å². The van der Waals surface area contributed by atoms with Gasteiger partial charge in [-0.05, 0) is 87.5 Å². The van der Waals surface area contributed by atoms with Crippen molar-refractivity contribution in [2.45, 2.75) is 58.0 Å². The number of furan rings is 1. The van der Waals surface area contributed by atoms with E-state index in [9.17, 15) is 4.39 Å². The minimum absolute atomic E-state index is 0.223. The quantitative estimate of drug-likeness (QED) is 0.825. The molecule has 0 aliphatic heterocycles. The fourth-order valence-corrected chi connectivity index (χ4v) is 6.57. The second-order valence-corrected chi connectivity index (χ2v) is 9.25. The smallest absolute Gasteiger partial charge is 0.158 e. The number of hydrogen-bond acceptors (Lipinski definition) is 1. The predicted molar refractivity (Wildman–Crippen MR) is 99.8 cm³/mol. The van der Waals surface area contributed by atoms with Crippen molar-refractivity contribution in [3.05, 3.63) is 48.0 Å². The first-order valence-electron chi connectivity index (χ1n) is 10.3. The largest absolute Gasteiger partial charge is 0.455 e. The Hall–Kier alpha value is -1.61. The lowest BCUT2D eigenvalue weighted by Gasteiger charge is -2.57. The maximum Gasteiger partial charge on any atom is 0.158 e. The van der Waals surface area contributed by atoms with Crippen LogP contribution in [-0.2, 0) is 6.54 Å². The molecule has 0 radical (unpaired) electrons. The molecule has 4 saturated carbocycles. The summed E-state index contributed by atoms with van der Waals surface area (Å²) in [6.07, 6.45) is 8.81. The second-order valence-electron chi connectivity index (χ2n) is 9.25. The van der Waals surface area contributed by atoms with Crippen molar-refractivity contribution in [2.24, 2.45) is 23.2 Å². The van der Waals surface area contributed by atoms with Crippen LogP contribution in [0.3, 0.4) is 0 Å². The highest BCUT2D eigenvalue weighted by Gasteiger charge is 2.54. The summed E-state index contributed by atoms with van der Waals surface area (Å²) in [7, 11) is 0. The molecule has 0 spiro atoms. The first-order chi connectivity index (χ1) is 12.6. The van der Waals surface area contributed by atoms with Gasteiger partial charge in [0, 0.05) is 5.41 Å². The van der Waals surface area contributed by atoms with Crippen LogP contribution in [0.1, 0.15) is 51.2 Å². The lowest BCUT2D eigenvalue weighted by molar-refractivity contribution is -0.718. The van der Waals surface area contributed by atoms with Gasteiger partial charge in [-0.25, -0.2) is 4.39 Å². The summed E-state index contributed by atoms with van der Waals surface area (Å²) in [5.74, 6) is 4.34. The van der Waals surface area contributed by atoms with Crippen LogP contribution >= 0.6 is 0 Å². The second kappa shape index (κ2) is 6.23. The van der Waals surface area contributed by atoms with Crippen molar-refractivity contribution >= 4 is 0 Å². The molecule has 0 amide bonds. The van der Waals surface area contributed by atoms with Crippen molar-refractivity contribution in [3.63, 3.8) is 0 Å². The molecule has 0 saturated heterocycles. The van der Waals surface area contributed by atoms with E-state index in [2.05, 4.69) is 12.2 Å².